The normalized spacial score (nSPS) is 10.5. The molecule has 0 amide bonds. The molecule has 146 valence electrons. The zero-order valence-corrected chi connectivity index (χ0v) is 15.9. The molecule has 0 aliphatic carbocycles. The molecule has 0 aromatic heterocycles. The van der Waals surface area contributed by atoms with Crippen molar-refractivity contribution in [2.45, 2.75) is 110 Å². The Balaban J connectivity index is 0. The maximum Gasteiger partial charge on any atom is 0.300 e. The standard InChI is InChI=1S/C17H37NO2.C2H4O2/c1-2-3-4-5-6-7-8-9-10-11-12-13-14-15-16-18-17(19)20;1-2(3)4/h17-20H,2-16H2,1H3;1H3,(H,3,4). The van der Waals surface area contributed by atoms with E-state index in [1.807, 2.05) is 0 Å². The van der Waals surface area contributed by atoms with E-state index in [9.17, 15) is 0 Å². The van der Waals surface area contributed by atoms with Crippen molar-refractivity contribution in [2.75, 3.05) is 6.54 Å². The molecule has 4 N–H and O–H groups in total. The summed E-state index contributed by atoms with van der Waals surface area (Å²) in [4.78, 5) is 9.00. The Bertz CT molecular complexity index is 244. The Morgan fingerprint density at radius 1 is 0.750 bits per heavy atom. The van der Waals surface area contributed by atoms with Gasteiger partial charge in [-0.25, -0.2) is 0 Å². The quantitative estimate of drug-likeness (QED) is 0.245. The summed E-state index contributed by atoms with van der Waals surface area (Å²) in [5.41, 5.74) is 0. The van der Waals surface area contributed by atoms with Gasteiger partial charge >= 0.3 is 0 Å². The molecule has 0 radical (unpaired) electrons. The van der Waals surface area contributed by atoms with Crippen molar-refractivity contribution in [1.29, 1.82) is 0 Å². The molecule has 0 rings (SSSR count). The Morgan fingerprint density at radius 3 is 1.33 bits per heavy atom. The van der Waals surface area contributed by atoms with Crippen LogP contribution in [0.1, 0.15) is 104 Å². The highest BCUT2D eigenvalue weighted by atomic mass is 16.5. The monoisotopic (exact) mass is 347 g/mol. The summed E-state index contributed by atoms with van der Waals surface area (Å²) in [5, 5.41) is 27.2. The van der Waals surface area contributed by atoms with Gasteiger partial charge in [-0.15, -0.1) is 0 Å². The van der Waals surface area contributed by atoms with Crippen molar-refractivity contribution in [1.82, 2.24) is 5.32 Å². The minimum atomic E-state index is -1.35. The van der Waals surface area contributed by atoms with E-state index in [0.717, 1.165) is 13.3 Å². The summed E-state index contributed by atoms with van der Waals surface area (Å²) >= 11 is 0. The van der Waals surface area contributed by atoms with Crippen LogP contribution in [0.25, 0.3) is 0 Å². The van der Waals surface area contributed by atoms with E-state index in [2.05, 4.69) is 12.2 Å². The van der Waals surface area contributed by atoms with Crippen LogP contribution in [0.5, 0.6) is 0 Å². The van der Waals surface area contributed by atoms with Crippen molar-refractivity contribution in [2.24, 2.45) is 0 Å². The Hall–Kier alpha value is -0.650. The van der Waals surface area contributed by atoms with Gasteiger partial charge in [0.15, 0.2) is 0 Å². The van der Waals surface area contributed by atoms with Crippen molar-refractivity contribution in [3.63, 3.8) is 0 Å². The smallest absolute Gasteiger partial charge is 0.300 e. The zero-order valence-electron chi connectivity index (χ0n) is 15.9. The average molecular weight is 348 g/mol. The summed E-state index contributed by atoms with van der Waals surface area (Å²) in [7, 11) is 0. The second kappa shape index (κ2) is 22.4. The van der Waals surface area contributed by atoms with Crippen LogP contribution in [0.3, 0.4) is 0 Å². The minimum Gasteiger partial charge on any atom is -0.481 e. The lowest BCUT2D eigenvalue weighted by atomic mass is 10.0. The van der Waals surface area contributed by atoms with E-state index < -0.39 is 12.4 Å². The second-order valence-electron chi connectivity index (χ2n) is 6.44. The average Bonchev–Trinajstić information content (AvgIpc) is 2.50. The Morgan fingerprint density at radius 2 is 1.04 bits per heavy atom. The first-order chi connectivity index (χ1) is 11.5. The third-order valence-corrected chi connectivity index (χ3v) is 3.86. The fourth-order valence-corrected chi connectivity index (χ4v) is 2.55. The molecule has 0 aromatic rings. The van der Waals surface area contributed by atoms with Gasteiger partial charge in [-0.2, -0.15) is 0 Å². The lowest BCUT2D eigenvalue weighted by molar-refractivity contribution is -0.134. The first-order valence-corrected chi connectivity index (χ1v) is 9.79. The number of hydrogen-bond donors (Lipinski definition) is 4. The summed E-state index contributed by atoms with van der Waals surface area (Å²) in [6, 6.07) is 0. The van der Waals surface area contributed by atoms with Crippen LogP contribution < -0.4 is 5.32 Å². The van der Waals surface area contributed by atoms with Crippen LogP contribution in [-0.2, 0) is 4.79 Å². The largest absolute Gasteiger partial charge is 0.481 e. The van der Waals surface area contributed by atoms with E-state index in [-0.39, 0.29) is 0 Å². The van der Waals surface area contributed by atoms with Crippen LogP contribution in [0, 0.1) is 0 Å². The van der Waals surface area contributed by atoms with Gasteiger partial charge in [0.25, 0.3) is 5.97 Å². The molecule has 0 aromatic carbocycles. The number of rotatable bonds is 16. The van der Waals surface area contributed by atoms with Gasteiger partial charge in [0, 0.05) is 6.92 Å². The Labute approximate surface area is 148 Å². The van der Waals surface area contributed by atoms with E-state index >= 15 is 0 Å². The predicted molar refractivity (Wildman–Crippen MR) is 99.9 cm³/mol. The van der Waals surface area contributed by atoms with Gasteiger partial charge in [0.05, 0.1) is 0 Å². The van der Waals surface area contributed by atoms with Gasteiger partial charge in [-0.3, -0.25) is 10.1 Å². The fourth-order valence-electron chi connectivity index (χ4n) is 2.55. The van der Waals surface area contributed by atoms with Crippen molar-refractivity contribution >= 4 is 5.97 Å². The number of carboxylic acids is 1. The van der Waals surface area contributed by atoms with Gasteiger partial charge in [0.1, 0.15) is 0 Å². The predicted octanol–water partition coefficient (Wildman–Crippen LogP) is 4.42. The maximum absolute atomic E-state index is 9.00. The molecular weight excluding hydrogens is 306 g/mol. The van der Waals surface area contributed by atoms with E-state index in [1.54, 1.807) is 0 Å². The number of hydrogen-bond acceptors (Lipinski definition) is 4. The molecule has 5 heteroatoms. The summed E-state index contributed by atoms with van der Waals surface area (Å²) in [5.74, 6) is -0.833. The van der Waals surface area contributed by atoms with Gasteiger partial charge < -0.3 is 15.3 Å². The molecule has 0 unspecified atom stereocenters. The van der Waals surface area contributed by atoms with Crippen LogP contribution in [0.15, 0.2) is 0 Å². The first kappa shape index (κ1) is 25.6. The first-order valence-electron chi connectivity index (χ1n) is 9.79. The third-order valence-electron chi connectivity index (χ3n) is 3.86. The molecule has 0 aliphatic heterocycles. The lowest BCUT2D eigenvalue weighted by Crippen LogP contribution is -2.28. The molecule has 0 saturated carbocycles. The molecule has 0 heterocycles. The van der Waals surface area contributed by atoms with Gasteiger partial charge in [-0.1, -0.05) is 90.4 Å². The summed E-state index contributed by atoms with van der Waals surface area (Å²) in [6.45, 7) is 4.06. The van der Waals surface area contributed by atoms with Gasteiger partial charge in [-0.05, 0) is 13.0 Å². The van der Waals surface area contributed by atoms with Gasteiger partial charge in [0.2, 0.25) is 6.41 Å². The van der Waals surface area contributed by atoms with E-state index in [4.69, 9.17) is 20.1 Å². The Kier molecular flexibility index (Phi) is 23.8. The third kappa shape index (κ3) is 33.1. The number of carboxylic acid groups (broad SMARTS) is 1. The fraction of sp³-hybridized carbons (Fsp3) is 0.947. The van der Waals surface area contributed by atoms with E-state index in [0.29, 0.717) is 6.54 Å². The number of nitrogens with one attached hydrogen (secondary N) is 1. The topological polar surface area (TPSA) is 89.8 Å². The van der Waals surface area contributed by atoms with Crippen LogP contribution in [0.4, 0.5) is 0 Å². The number of unbranched alkanes of at least 4 members (excludes halogenated alkanes) is 13. The number of aliphatic carboxylic acids is 1. The van der Waals surface area contributed by atoms with Crippen molar-refractivity contribution in [3.05, 3.63) is 0 Å². The van der Waals surface area contributed by atoms with Crippen molar-refractivity contribution < 1.29 is 20.1 Å². The highest BCUT2D eigenvalue weighted by molar-refractivity contribution is 5.62. The zero-order chi connectivity index (χ0) is 18.5. The summed E-state index contributed by atoms with van der Waals surface area (Å²) in [6.07, 6.45) is 17.6. The number of carbonyl (C=O) groups is 1. The van der Waals surface area contributed by atoms with Crippen LogP contribution in [0.2, 0.25) is 0 Å². The molecule has 0 fully saturated rings. The van der Waals surface area contributed by atoms with E-state index in [1.165, 1.54) is 83.5 Å². The second-order valence-corrected chi connectivity index (χ2v) is 6.44. The highest BCUT2D eigenvalue weighted by Crippen LogP contribution is 2.12. The number of aliphatic hydroxyl groups excluding tert-OH is 1. The summed E-state index contributed by atoms with van der Waals surface area (Å²) < 4.78 is 0. The molecule has 5 nitrogen and oxygen atoms in total. The molecule has 24 heavy (non-hydrogen) atoms. The highest BCUT2D eigenvalue weighted by Gasteiger charge is 1.95. The SMILES string of the molecule is CC(=O)O.CCCCCCCCCCCCCCCCNC(O)O. The maximum atomic E-state index is 9.00. The molecule has 0 aliphatic rings. The van der Waals surface area contributed by atoms with Crippen LogP contribution >= 0.6 is 0 Å². The molecule has 0 saturated heterocycles. The van der Waals surface area contributed by atoms with Crippen molar-refractivity contribution in [3.8, 4) is 0 Å². The minimum absolute atomic E-state index is 0.704. The number of aliphatic hydroxyl groups is 2. The molecular formula is C19H41NO4. The lowest BCUT2D eigenvalue weighted by Gasteiger charge is -2.06. The molecule has 0 bridgehead atoms. The molecule has 0 spiro atoms. The van der Waals surface area contributed by atoms with Crippen LogP contribution in [-0.4, -0.2) is 34.2 Å². The molecule has 0 atom stereocenters.